The fraction of sp³-hybridized carbons (Fsp3) is 0.722. The molecule has 1 fully saturated rings. The lowest BCUT2D eigenvalue weighted by Crippen LogP contribution is -2.44. The number of fused-ring (bicyclic) bond motifs is 1. The van der Waals surface area contributed by atoms with Crippen LogP contribution in [0.1, 0.15) is 33.4 Å². The molecule has 0 unspecified atom stereocenters. The van der Waals surface area contributed by atoms with Gasteiger partial charge in [0.25, 0.3) is 5.56 Å². The second-order valence-electron chi connectivity index (χ2n) is 8.82. The van der Waals surface area contributed by atoms with Gasteiger partial charge in [-0.25, -0.2) is 4.98 Å². The smallest absolute Gasteiger partial charge is 0.280 e. The molecule has 1 saturated heterocycles. The zero-order valence-corrected chi connectivity index (χ0v) is 19.7. The van der Waals surface area contributed by atoms with Gasteiger partial charge in [-0.1, -0.05) is 20.8 Å². The number of hydrogen-bond acceptors (Lipinski definition) is 8. The van der Waals surface area contributed by atoms with E-state index in [9.17, 15) is 4.79 Å². The average molecular weight is 442 g/mol. The van der Waals surface area contributed by atoms with Crippen molar-refractivity contribution in [3.63, 3.8) is 0 Å². The molecule has 0 amide bonds. The van der Waals surface area contributed by atoms with Crippen molar-refractivity contribution in [3.05, 3.63) is 16.7 Å². The lowest BCUT2D eigenvalue weighted by molar-refractivity contribution is -0.0507. The molecule has 3 heterocycles. The summed E-state index contributed by atoms with van der Waals surface area (Å²) in [5.74, 6) is 0.627. The normalized spacial score (nSPS) is 23.2. The van der Waals surface area contributed by atoms with Crippen LogP contribution in [0.3, 0.4) is 0 Å². The Morgan fingerprint density at radius 2 is 2.17 bits per heavy atom. The third-order valence-electron chi connectivity index (χ3n) is 5.76. The topological polar surface area (TPSA) is 117 Å². The molecule has 0 radical (unpaired) electrons. The summed E-state index contributed by atoms with van der Waals surface area (Å²) in [5.41, 5.74) is 6.00. The molecule has 2 aromatic rings. The van der Waals surface area contributed by atoms with E-state index < -0.39 is 8.32 Å². The Labute approximate surface area is 175 Å². The van der Waals surface area contributed by atoms with Crippen molar-refractivity contribution >= 4 is 37.2 Å². The number of aromatic amines is 1. The zero-order chi connectivity index (χ0) is 21.4. The number of rotatable bonds is 7. The van der Waals surface area contributed by atoms with E-state index in [1.807, 2.05) is 6.26 Å². The van der Waals surface area contributed by atoms with Crippen LogP contribution in [0.25, 0.3) is 11.2 Å². The highest BCUT2D eigenvalue weighted by molar-refractivity contribution is 7.98. The van der Waals surface area contributed by atoms with Crippen LogP contribution in [0.5, 0.6) is 0 Å². The Hall–Kier alpha value is -1.40. The molecular formula is C18H31N5O4SSi. The van der Waals surface area contributed by atoms with Crippen LogP contribution < -0.4 is 11.3 Å². The second-order valence-corrected chi connectivity index (χ2v) is 14.4. The van der Waals surface area contributed by atoms with Crippen LogP contribution in [-0.4, -0.2) is 58.8 Å². The molecule has 3 atom stereocenters. The Morgan fingerprint density at radius 1 is 1.45 bits per heavy atom. The van der Waals surface area contributed by atoms with Crippen molar-refractivity contribution < 1.29 is 13.9 Å². The minimum absolute atomic E-state index is 0.0511. The zero-order valence-electron chi connectivity index (χ0n) is 17.9. The third-order valence-corrected chi connectivity index (χ3v) is 10.6. The summed E-state index contributed by atoms with van der Waals surface area (Å²) in [5, 5.41) is 0.115. The number of aromatic nitrogens is 4. The fourth-order valence-electron chi connectivity index (χ4n) is 3.01. The Kier molecular flexibility index (Phi) is 6.44. The predicted molar refractivity (Wildman–Crippen MR) is 117 cm³/mol. The van der Waals surface area contributed by atoms with Crippen molar-refractivity contribution in [1.29, 1.82) is 0 Å². The second kappa shape index (κ2) is 8.38. The summed E-state index contributed by atoms with van der Waals surface area (Å²) in [4.78, 5) is 23.0. The van der Waals surface area contributed by atoms with Crippen LogP contribution in [-0.2, 0) is 13.9 Å². The first-order chi connectivity index (χ1) is 13.5. The SMILES string of the molecule is CSCO[C@H]1C[C@H](n2cnc3c(=O)[nH]c(N)nc32)O[C@@H]1CO[Si](C)(C)C(C)(C)C. The van der Waals surface area contributed by atoms with E-state index in [0.29, 0.717) is 24.6 Å². The molecule has 3 rings (SSSR count). The van der Waals surface area contributed by atoms with Gasteiger partial charge in [0.2, 0.25) is 5.95 Å². The highest BCUT2D eigenvalue weighted by Gasteiger charge is 2.42. The molecule has 0 saturated carbocycles. The number of hydrogen-bond donors (Lipinski definition) is 2. The molecule has 0 aromatic carbocycles. The summed E-state index contributed by atoms with van der Waals surface area (Å²) >= 11 is 1.62. The Morgan fingerprint density at radius 3 is 2.83 bits per heavy atom. The van der Waals surface area contributed by atoms with Gasteiger partial charge >= 0.3 is 0 Å². The van der Waals surface area contributed by atoms with Crippen LogP contribution >= 0.6 is 11.8 Å². The minimum atomic E-state index is -1.91. The van der Waals surface area contributed by atoms with Crippen molar-refractivity contribution in [2.45, 2.75) is 63.8 Å². The molecule has 11 heteroatoms. The molecule has 162 valence electrons. The van der Waals surface area contributed by atoms with Crippen LogP contribution in [0.4, 0.5) is 5.95 Å². The number of nitrogens with two attached hydrogens (primary N) is 1. The molecule has 1 aliphatic rings. The quantitative estimate of drug-likeness (QED) is 0.497. The van der Waals surface area contributed by atoms with E-state index in [-0.39, 0.29) is 40.5 Å². The van der Waals surface area contributed by atoms with E-state index in [1.165, 1.54) is 0 Å². The minimum Gasteiger partial charge on any atom is -0.414 e. The van der Waals surface area contributed by atoms with Crippen molar-refractivity contribution in [2.75, 3.05) is 24.5 Å². The van der Waals surface area contributed by atoms with Gasteiger partial charge in [-0.2, -0.15) is 4.98 Å². The molecule has 0 spiro atoms. The van der Waals surface area contributed by atoms with Crippen molar-refractivity contribution in [3.8, 4) is 0 Å². The number of nitrogens with zero attached hydrogens (tertiary/aromatic N) is 3. The fourth-order valence-corrected chi connectivity index (χ4v) is 4.34. The van der Waals surface area contributed by atoms with Gasteiger partial charge in [0.05, 0.1) is 25.0 Å². The van der Waals surface area contributed by atoms with Gasteiger partial charge in [0, 0.05) is 6.42 Å². The van der Waals surface area contributed by atoms with Crippen LogP contribution in [0.2, 0.25) is 18.1 Å². The molecule has 0 bridgehead atoms. The van der Waals surface area contributed by atoms with Gasteiger partial charge in [0.1, 0.15) is 12.3 Å². The largest absolute Gasteiger partial charge is 0.414 e. The predicted octanol–water partition coefficient (Wildman–Crippen LogP) is 2.72. The molecule has 1 aliphatic heterocycles. The lowest BCUT2D eigenvalue weighted by atomic mass is 10.2. The molecule has 2 aromatic heterocycles. The van der Waals surface area contributed by atoms with Gasteiger partial charge in [-0.3, -0.25) is 14.3 Å². The van der Waals surface area contributed by atoms with Gasteiger partial charge in [-0.15, -0.1) is 11.8 Å². The Bertz CT molecular complexity index is 910. The first-order valence-corrected chi connectivity index (χ1v) is 14.0. The average Bonchev–Trinajstić information content (AvgIpc) is 3.21. The number of ether oxygens (including phenoxy) is 2. The van der Waals surface area contributed by atoms with E-state index >= 15 is 0 Å². The maximum Gasteiger partial charge on any atom is 0.280 e. The lowest BCUT2D eigenvalue weighted by Gasteiger charge is -2.37. The maximum atomic E-state index is 12.1. The van der Waals surface area contributed by atoms with Crippen LogP contribution in [0.15, 0.2) is 11.1 Å². The van der Waals surface area contributed by atoms with Crippen molar-refractivity contribution in [2.24, 2.45) is 0 Å². The highest BCUT2D eigenvalue weighted by atomic mass is 32.2. The van der Waals surface area contributed by atoms with E-state index in [4.69, 9.17) is 19.6 Å². The van der Waals surface area contributed by atoms with Gasteiger partial charge in [-0.05, 0) is 24.4 Å². The summed E-state index contributed by atoms with van der Waals surface area (Å²) in [6, 6.07) is 0. The number of thioether (sulfide) groups is 1. The van der Waals surface area contributed by atoms with E-state index in [0.717, 1.165) is 0 Å². The van der Waals surface area contributed by atoms with Gasteiger partial charge in [0.15, 0.2) is 19.5 Å². The number of nitrogen functional groups attached to an aromatic ring is 1. The van der Waals surface area contributed by atoms with E-state index in [1.54, 1.807) is 22.7 Å². The molecule has 29 heavy (non-hydrogen) atoms. The van der Waals surface area contributed by atoms with Crippen LogP contribution in [0, 0.1) is 0 Å². The Balaban J connectivity index is 1.81. The summed E-state index contributed by atoms with van der Waals surface area (Å²) in [6.07, 6.45) is 3.50. The molecular weight excluding hydrogens is 410 g/mol. The van der Waals surface area contributed by atoms with Gasteiger partial charge < -0.3 is 19.6 Å². The number of imidazole rings is 1. The summed E-state index contributed by atoms with van der Waals surface area (Å²) < 4.78 is 20.5. The third kappa shape index (κ3) is 4.69. The number of anilines is 1. The standard InChI is InChI=1S/C18H31N5O4SSi/c1-18(2,3)29(5,6)26-8-12-11(25-10-28-4)7-13(27-12)23-9-20-14-15(23)21-17(19)22-16(14)24/h9,11-13H,7-8,10H2,1-6H3,(H3,19,21,22,24)/t11-,12+,13+/m0/s1. The van der Waals surface area contributed by atoms with E-state index in [2.05, 4.69) is 48.8 Å². The molecule has 9 nitrogen and oxygen atoms in total. The first-order valence-electron chi connectivity index (χ1n) is 9.66. The highest BCUT2D eigenvalue weighted by Crippen LogP contribution is 2.38. The summed E-state index contributed by atoms with van der Waals surface area (Å²) in [7, 11) is -1.91. The first kappa shape index (κ1) is 22.3. The number of H-pyrrole nitrogens is 1. The summed E-state index contributed by atoms with van der Waals surface area (Å²) in [6.45, 7) is 11.5. The molecule has 3 N–H and O–H groups in total. The number of nitrogens with one attached hydrogen (secondary N) is 1. The monoisotopic (exact) mass is 441 g/mol. The molecule has 0 aliphatic carbocycles. The van der Waals surface area contributed by atoms with Crippen molar-refractivity contribution in [1.82, 2.24) is 19.5 Å². The maximum absolute atomic E-state index is 12.1.